The van der Waals surface area contributed by atoms with E-state index in [-0.39, 0.29) is 36.2 Å². The van der Waals surface area contributed by atoms with Crippen molar-refractivity contribution in [1.29, 1.82) is 0 Å². The topological polar surface area (TPSA) is 83.5 Å². The van der Waals surface area contributed by atoms with E-state index < -0.39 is 11.9 Å². The quantitative estimate of drug-likeness (QED) is 0.452. The molecule has 0 radical (unpaired) electrons. The first-order valence-corrected chi connectivity index (χ1v) is 3.26. The number of aliphatic hydroxyl groups excluding tert-OH is 1. The van der Waals surface area contributed by atoms with Crippen LogP contribution < -0.4 is 5.73 Å². The summed E-state index contributed by atoms with van der Waals surface area (Å²) in [7, 11) is 0. The van der Waals surface area contributed by atoms with Gasteiger partial charge in [-0.25, -0.2) is 0 Å². The van der Waals surface area contributed by atoms with Crippen LogP contribution >= 0.6 is 0 Å². The molecule has 0 spiro atoms. The van der Waals surface area contributed by atoms with Crippen molar-refractivity contribution in [1.82, 2.24) is 0 Å². The molecule has 4 N–H and O–H groups in total. The number of carbonyl (C=O) groups is 1. The Bertz CT molecular complexity index is 110. The van der Waals surface area contributed by atoms with Crippen molar-refractivity contribution >= 4 is 35.5 Å². The van der Waals surface area contributed by atoms with E-state index in [4.69, 9.17) is 15.9 Å². The molecule has 0 amide bonds. The van der Waals surface area contributed by atoms with Gasteiger partial charge >= 0.3 is 35.5 Å². The summed E-state index contributed by atoms with van der Waals surface area (Å²) < 4.78 is 0. The van der Waals surface area contributed by atoms with E-state index in [9.17, 15) is 4.79 Å². The van der Waals surface area contributed by atoms with Crippen molar-refractivity contribution in [2.75, 3.05) is 13.2 Å². The van der Waals surface area contributed by atoms with Gasteiger partial charge in [0.25, 0.3) is 0 Å². The number of rotatable bonds is 5. The fourth-order valence-electron chi connectivity index (χ4n) is 0.657. The zero-order valence-corrected chi connectivity index (χ0v) is 5.79. The Morgan fingerprint density at radius 3 is 2.36 bits per heavy atom. The Labute approximate surface area is 88.1 Å². The van der Waals surface area contributed by atoms with E-state index >= 15 is 0 Å². The van der Waals surface area contributed by atoms with Gasteiger partial charge in [-0.15, -0.1) is 0 Å². The molecule has 0 aromatic heterocycles. The second-order valence-electron chi connectivity index (χ2n) is 2.15. The number of aliphatic hydroxyl groups is 1. The Morgan fingerprint density at radius 2 is 2.09 bits per heavy atom. The van der Waals surface area contributed by atoms with Gasteiger partial charge in [-0.2, -0.15) is 0 Å². The van der Waals surface area contributed by atoms with Crippen molar-refractivity contribution in [2.24, 2.45) is 11.7 Å². The number of nitrogens with two attached hydrogens (primary N) is 1. The number of carboxylic acids is 1. The molecule has 0 aliphatic carbocycles. The summed E-state index contributed by atoms with van der Waals surface area (Å²) in [5, 5.41) is 16.9. The average Bonchev–Trinajstić information content (AvgIpc) is 1.89. The van der Waals surface area contributed by atoms with Crippen molar-refractivity contribution in [2.45, 2.75) is 12.8 Å². The molecule has 1 unspecified atom stereocenters. The third-order valence-electron chi connectivity index (χ3n) is 1.33. The molecule has 0 aromatic carbocycles. The summed E-state index contributed by atoms with van der Waals surface area (Å²) in [6.07, 6.45) is 1.11. The van der Waals surface area contributed by atoms with E-state index in [1.54, 1.807) is 0 Å². The Kier molecular flexibility index (Phi) is 10.8. The van der Waals surface area contributed by atoms with Crippen LogP contribution in [0.2, 0.25) is 0 Å². The summed E-state index contributed by atoms with van der Waals surface area (Å²) in [6.45, 7) is 0.180. The molecule has 0 fully saturated rings. The molecule has 0 aliphatic heterocycles. The molecule has 0 aromatic rings. The molecule has 0 bridgehead atoms. The van der Waals surface area contributed by atoms with Crippen LogP contribution in [0.15, 0.2) is 0 Å². The Balaban J connectivity index is 0. The normalized spacial score (nSPS) is 11.8. The van der Waals surface area contributed by atoms with Gasteiger partial charge in [-0.05, 0) is 19.4 Å². The molecule has 0 saturated heterocycles. The van der Waals surface area contributed by atoms with E-state index in [1.165, 1.54) is 0 Å². The van der Waals surface area contributed by atoms with Gasteiger partial charge in [0.15, 0.2) is 0 Å². The van der Waals surface area contributed by atoms with Crippen LogP contribution in [0, 0.1) is 5.92 Å². The molecule has 0 heterocycles. The third-order valence-corrected chi connectivity index (χ3v) is 1.33. The monoisotopic (exact) mass is 171 g/mol. The number of aliphatic carboxylic acids is 1. The molecule has 62 valence electrons. The fourth-order valence-corrected chi connectivity index (χ4v) is 0.657. The first kappa shape index (κ1) is 13.9. The molecule has 0 rings (SSSR count). The van der Waals surface area contributed by atoms with Gasteiger partial charge in [-0.3, -0.25) is 4.79 Å². The first-order chi connectivity index (χ1) is 4.72. The minimum atomic E-state index is -0.948. The Hall–Kier alpha value is 0.390. The van der Waals surface area contributed by atoms with E-state index in [0.29, 0.717) is 19.4 Å². The molecule has 1 atom stereocenters. The molecular weight excluding hydrogens is 157 g/mol. The molecule has 5 heteroatoms. The molecular formula is C6H14NNaO3. The fraction of sp³-hybridized carbons (Fsp3) is 0.833. The van der Waals surface area contributed by atoms with E-state index in [1.807, 2.05) is 0 Å². The third kappa shape index (κ3) is 6.77. The number of hydrogen-bond acceptors (Lipinski definition) is 3. The summed E-state index contributed by atoms with van der Waals surface area (Å²) in [5.41, 5.74) is 5.16. The van der Waals surface area contributed by atoms with Crippen molar-refractivity contribution in [3.8, 4) is 0 Å². The van der Waals surface area contributed by atoms with Crippen molar-refractivity contribution in [3.05, 3.63) is 0 Å². The standard InChI is InChI=1S/C6H13NO3.Na.H/c7-3-1-2-5(4-8)6(9)10;;/h5,8H,1-4,7H2,(H,9,10);;. The van der Waals surface area contributed by atoms with Crippen LogP contribution in [0.25, 0.3) is 0 Å². The van der Waals surface area contributed by atoms with Crippen LogP contribution in [-0.4, -0.2) is 58.9 Å². The van der Waals surface area contributed by atoms with Gasteiger partial charge < -0.3 is 15.9 Å². The van der Waals surface area contributed by atoms with Crippen LogP contribution in [0.4, 0.5) is 0 Å². The second-order valence-corrected chi connectivity index (χ2v) is 2.15. The maximum atomic E-state index is 10.2. The van der Waals surface area contributed by atoms with Crippen LogP contribution in [0.1, 0.15) is 12.8 Å². The van der Waals surface area contributed by atoms with E-state index in [0.717, 1.165) is 0 Å². The molecule has 0 aliphatic rings. The SMILES string of the molecule is NCCCC(CO)C(=O)O.[NaH]. The summed E-state index contributed by atoms with van der Waals surface area (Å²) in [5.74, 6) is -1.58. The predicted molar refractivity (Wildman–Crippen MR) is 43.6 cm³/mol. The first-order valence-electron chi connectivity index (χ1n) is 3.26. The van der Waals surface area contributed by atoms with Crippen LogP contribution in [0.3, 0.4) is 0 Å². The number of carboxylic acid groups (broad SMARTS) is 1. The second kappa shape index (κ2) is 8.49. The van der Waals surface area contributed by atoms with Gasteiger partial charge in [0, 0.05) is 0 Å². The summed E-state index contributed by atoms with van der Waals surface area (Å²) in [4.78, 5) is 10.2. The van der Waals surface area contributed by atoms with Crippen molar-refractivity contribution < 1.29 is 15.0 Å². The predicted octanol–water partition coefficient (Wildman–Crippen LogP) is -1.23. The van der Waals surface area contributed by atoms with Gasteiger partial charge in [0.2, 0.25) is 0 Å². The van der Waals surface area contributed by atoms with Gasteiger partial charge in [-0.1, -0.05) is 0 Å². The molecule has 4 nitrogen and oxygen atoms in total. The summed E-state index contributed by atoms with van der Waals surface area (Å²) >= 11 is 0. The van der Waals surface area contributed by atoms with E-state index in [2.05, 4.69) is 0 Å². The van der Waals surface area contributed by atoms with Crippen molar-refractivity contribution in [3.63, 3.8) is 0 Å². The molecule has 11 heavy (non-hydrogen) atoms. The zero-order chi connectivity index (χ0) is 7.98. The Morgan fingerprint density at radius 1 is 1.55 bits per heavy atom. The maximum absolute atomic E-state index is 10.2. The summed E-state index contributed by atoms with van der Waals surface area (Å²) in [6, 6.07) is 0. The van der Waals surface area contributed by atoms with Crippen LogP contribution in [-0.2, 0) is 4.79 Å². The van der Waals surface area contributed by atoms with Gasteiger partial charge in [0.1, 0.15) is 0 Å². The van der Waals surface area contributed by atoms with Crippen LogP contribution in [0.5, 0.6) is 0 Å². The zero-order valence-electron chi connectivity index (χ0n) is 5.79. The number of hydrogen-bond donors (Lipinski definition) is 3. The van der Waals surface area contributed by atoms with Gasteiger partial charge in [0.05, 0.1) is 12.5 Å². The molecule has 0 saturated carbocycles. The minimum absolute atomic E-state index is 0. The average molecular weight is 171 g/mol.